The molecule has 0 bridgehead atoms. The van der Waals surface area contributed by atoms with Gasteiger partial charge in [-0.15, -0.1) is 0 Å². The summed E-state index contributed by atoms with van der Waals surface area (Å²) in [6.07, 6.45) is 0. The number of rotatable bonds is 2. The zero-order chi connectivity index (χ0) is 16.7. The lowest BCUT2D eigenvalue weighted by molar-refractivity contribution is 0.475. The third-order valence-electron chi connectivity index (χ3n) is 3.63. The quantitative estimate of drug-likeness (QED) is 0.517. The number of aromatic nitrogens is 4. The van der Waals surface area contributed by atoms with Gasteiger partial charge in [-0.2, -0.15) is 5.10 Å². The van der Waals surface area contributed by atoms with Crippen LogP contribution < -0.4 is 0 Å². The van der Waals surface area contributed by atoms with Gasteiger partial charge in [0.1, 0.15) is 17.0 Å². The fraction of sp³-hybridized carbons (Fsp3) is 0. The van der Waals surface area contributed by atoms with Crippen LogP contribution in [0.5, 0.6) is 11.5 Å². The van der Waals surface area contributed by atoms with Gasteiger partial charge in [0.05, 0.1) is 11.4 Å². The van der Waals surface area contributed by atoms with Gasteiger partial charge in [-0.3, -0.25) is 5.10 Å². The Balaban J connectivity index is 2.00. The number of aromatic amines is 1. The summed E-state index contributed by atoms with van der Waals surface area (Å²) in [6.45, 7) is 0. The number of fused-ring (bicyclic) bond motifs is 1. The summed E-state index contributed by atoms with van der Waals surface area (Å²) in [4.78, 5) is 9.16. The molecule has 7 heteroatoms. The minimum atomic E-state index is 0.167. The molecule has 0 aliphatic carbocycles. The van der Waals surface area contributed by atoms with E-state index in [-0.39, 0.29) is 11.5 Å². The summed E-state index contributed by atoms with van der Waals surface area (Å²) in [7, 11) is 0. The number of H-pyrrole nitrogens is 1. The van der Waals surface area contributed by atoms with E-state index in [4.69, 9.17) is 11.6 Å². The average Bonchev–Trinajstić information content (AvgIpc) is 2.96. The van der Waals surface area contributed by atoms with E-state index in [0.717, 1.165) is 11.1 Å². The largest absolute Gasteiger partial charge is 0.508 e. The lowest BCUT2D eigenvalue weighted by Gasteiger charge is -2.09. The number of hydrogen-bond donors (Lipinski definition) is 3. The summed E-state index contributed by atoms with van der Waals surface area (Å²) in [5.41, 5.74) is 3.66. The van der Waals surface area contributed by atoms with E-state index in [9.17, 15) is 10.2 Å². The van der Waals surface area contributed by atoms with Crippen molar-refractivity contribution < 1.29 is 10.2 Å². The van der Waals surface area contributed by atoms with Gasteiger partial charge in [-0.05, 0) is 48.5 Å². The van der Waals surface area contributed by atoms with Gasteiger partial charge in [0, 0.05) is 11.1 Å². The molecule has 24 heavy (non-hydrogen) atoms. The molecule has 0 saturated carbocycles. The van der Waals surface area contributed by atoms with Crippen LogP contribution in [0.4, 0.5) is 0 Å². The molecule has 0 radical (unpaired) electrons. The SMILES string of the molecule is Oc1ccc(-c2nc3n[nH]c(Cl)c3nc2-c2ccc(O)cc2)cc1. The first-order valence-corrected chi connectivity index (χ1v) is 7.50. The fourth-order valence-electron chi connectivity index (χ4n) is 2.45. The number of hydrogen-bond acceptors (Lipinski definition) is 5. The Morgan fingerprint density at radius 1 is 0.750 bits per heavy atom. The van der Waals surface area contributed by atoms with Gasteiger partial charge in [-0.1, -0.05) is 11.6 Å². The van der Waals surface area contributed by atoms with Crippen LogP contribution in [0.15, 0.2) is 48.5 Å². The summed E-state index contributed by atoms with van der Waals surface area (Å²) in [6, 6.07) is 13.3. The van der Waals surface area contributed by atoms with Crippen molar-refractivity contribution in [3.8, 4) is 34.0 Å². The smallest absolute Gasteiger partial charge is 0.201 e. The third kappa shape index (κ3) is 2.43. The predicted octanol–water partition coefficient (Wildman–Crippen LogP) is 3.75. The first-order valence-electron chi connectivity index (χ1n) is 7.12. The maximum Gasteiger partial charge on any atom is 0.201 e. The van der Waals surface area contributed by atoms with E-state index in [1.807, 2.05) is 0 Å². The van der Waals surface area contributed by atoms with Crippen molar-refractivity contribution >= 4 is 22.8 Å². The second-order valence-electron chi connectivity index (χ2n) is 5.22. The predicted molar refractivity (Wildman–Crippen MR) is 90.9 cm³/mol. The van der Waals surface area contributed by atoms with E-state index in [2.05, 4.69) is 20.2 Å². The summed E-state index contributed by atoms with van der Waals surface area (Å²) < 4.78 is 0. The highest BCUT2D eigenvalue weighted by atomic mass is 35.5. The van der Waals surface area contributed by atoms with Gasteiger partial charge in [-0.25, -0.2) is 9.97 Å². The molecule has 0 unspecified atom stereocenters. The van der Waals surface area contributed by atoms with Crippen molar-refractivity contribution in [3.05, 3.63) is 53.7 Å². The maximum absolute atomic E-state index is 9.50. The van der Waals surface area contributed by atoms with Crippen molar-refractivity contribution in [3.63, 3.8) is 0 Å². The van der Waals surface area contributed by atoms with Crippen LogP contribution in [0.1, 0.15) is 0 Å². The highest BCUT2D eigenvalue weighted by molar-refractivity contribution is 6.33. The number of aromatic hydroxyl groups is 2. The second-order valence-corrected chi connectivity index (χ2v) is 5.60. The minimum Gasteiger partial charge on any atom is -0.508 e. The lowest BCUT2D eigenvalue weighted by atomic mass is 10.0. The van der Waals surface area contributed by atoms with Gasteiger partial charge < -0.3 is 10.2 Å². The van der Waals surface area contributed by atoms with Crippen LogP contribution in [-0.2, 0) is 0 Å². The highest BCUT2D eigenvalue weighted by Gasteiger charge is 2.16. The Morgan fingerprint density at radius 2 is 1.25 bits per heavy atom. The van der Waals surface area contributed by atoms with Crippen molar-refractivity contribution in [1.82, 2.24) is 20.2 Å². The third-order valence-corrected chi connectivity index (χ3v) is 3.89. The summed E-state index contributed by atoms with van der Waals surface area (Å²) in [5.74, 6) is 0.335. The number of phenols is 2. The molecule has 0 saturated heterocycles. The first-order chi connectivity index (χ1) is 11.6. The molecule has 0 aliphatic heterocycles. The number of phenolic OH excluding ortho intramolecular Hbond substituents is 2. The van der Waals surface area contributed by atoms with Gasteiger partial charge in [0.15, 0.2) is 5.15 Å². The number of halogens is 1. The van der Waals surface area contributed by atoms with E-state index >= 15 is 0 Å². The summed E-state index contributed by atoms with van der Waals surface area (Å²) >= 11 is 6.08. The molecule has 0 fully saturated rings. The van der Waals surface area contributed by atoms with E-state index in [1.165, 1.54) is 0 Å². The number of nitrogens with one attached hydrogen (secondary N) is 1. The second kappa shape index (κ2) is 5.50. The topological polar surface area (TPSA) is 94.9 Å². The van der Waals surface area contributed by atoms with E-state index in [0.29, 0.717) is 27.7 Å². The van der Waals surface area contributed by atoms with E-state index in [1.54, 1.807) is 48.5 Å². The van der Waals surface area contributed by atoms with Gasteiger partial charge >= 0.3 is 0 Å². The molecule has 0 amide bonds. The van der Waals surface area contributed by atoms with Crippen LogP contribution in [0, 0.1) is 0 Å². The molecule has 6 nitrogen and oxygen atoms in total. The highest BCUT2D eigenvalue weighted by Crippen LogP contribution is 2.33. The van der Waals surface area contributed by atoms with Crippen molar-refractivity contribution in [1.29, 1.82) is 0 Å². The Kier molecular flexibility index (Phi) is 3.32. The molecule has 4 aromatic rings. The zero-order valence-electron chi connectivity index (χ0n) is 12.2. The Bertz CT molecular complexity index is 1030. The molecular formula is C17H11ClN4O2. The normalized spacial score (nSPS) is 11.0. The maximum atomic E-state index is 9.50. The fourth-order valence-corrected chi connectivity index (χ4v) is 2.62. The number of benzene rings is 2. The van der Waals surface area contributed by atoms with Crippen molar-refractivity contribution in [2.75, 3.05) is 0 Å². The molecule has 0 atom stereocenters. The average molecular weight is 339 g/mol. The van der Waals surface area contributed by atoms with Crippen LogP contribution in [-0.4, -0.2) is 30.4 Å². The monoisotopic (exact) mass is 338 g/mol. The minimum absolute atomic E-state index is 0.167. The first kappa shape index (κ1) is 14.5. The van der Waals surface area contributed by atoms with Crippen molar-refractivity contribution in [2.24, 2.45) is 0 Å². The Hall–Kier alpha value is -3.12. The van der Waals surface area contributed by atoms with E-state index < -0.39 is 0 Å². The zero-order valence-corrected chi connectivity index (χ0v) is 13.0. The molecule has 0 spiro atoms. The number of nitrogens with zero attached hydrogens (tertiary/aromatic N) is 3. The standard InChI is InChI=1S/C17H11ClN4O2/c18-16-15-17(22-21-16)20-14(10-3-7-12(24)8-4-10)13(19-15)9-1-5-11(23)6-2-9/h1-8,23-24H,(H,20,21,22). The van der Waals surface area contributed by atoms with Gasteiger partial charge in [0.25, 0.3) is 0 Å². The molecular weight excluding hydrogens is 328 g/mol. The Labute approximate surface area is 141 Å². The molecule has 3 N–H and O–H groups in total. The Morgan fingerprint density at radius 3 is 1.79 bits per heavy atom. The van der Waals surface area contributed by atoms with Gasteiger partial charge in [0.2, 0.25) is 5.65 Å². The van der Waals surface area contributed by atoms with Crippen molar-refractivity contribution in [2.45, 2.75) is 0 Å². The van der Waals surface area contributed by atoms with Crippen LogP contribution in [0.2, 0.25) is 5.15 Å². The molecule has 118 valence electrons. The van der Waals surface area contributed by atoms with Crippen LogP contribution in [0.3, 0.4) is 0 Å². The van der Waals surface area contributed by atoms with Crippen LogP contribution >= 0.6 is 11.6 Å². The molecule has 2 heterocycles. The molecule has 2 aromatic heterocycles. The van der Waals surface area contributed by atoms with Crippen LogP contribution in [0.25, 0.3) is 33.7 Å². The lowest BCUT2D eigenvalue weighted by Crippen LogP contribution is -1.94. The molecule has 2 aromatic carbocycles. The molecule has 0 aliphatic rings. The summed E-state index contributed by atoms with van der Waals surface area (Å²) in [5, 5.41) is 26.0. The molecule has 4 rings (SSSR count).